The van der Waals surface area contributed by atoms with Crippen LogP contribution in [0.25, 0.3) is 0 Å². The van der Waals surface area contributed by atoms with Gasteiger partial charge in [-0.1, -0.05) is 0 Å². The van der Waals surface area contributed by atoms with Crippen molar-refractivity contribution in [1.29, 1.82) is 0 Å². The molecule has 198 valence electrons. The molecule has 16 nitrogen and oxygen atoms in total. The number of aliphatic hydroxyl groups excluding tert-OH is 1. The third-order valence-corrected chi connectivity index (χ3v) is 5.46. The summed E-state index contributed by atoms with van der Waals surface area (Å²) >= 11 is 0. The lowest BCUT2D eigenvalue weighted by atomic mass is 10.1. The van der Waals surface area contributed by atoms with E-state index in [9.17, 15) is 41.9 Å². The number of nitro benzene ring substituents is 2. The summed E-state index contributed by atoms with van der Waals surface area (Å²) in [6.07, 6.45) is 2.18. The summed E-state index contributed by atoms with van der Waals surface area (Å²) in [7, 11) is -7.77. The molecule has 0 bridgehead atoms. The van der Waals surface area contributed by atoms with Gasteiger partial charge < -0.3 is 15.3 Å². The van der Waals surface area contributed by atoms with E-state index in [1.165, 1.54) is 0 Å². The number of unbranched alkanes of at least 4 members (excludes halogenated alkanes) is 1. The van der Waals surface area contributed by atoms with Crippen molar-refractivity contribution < 1.29 is 44.9 Å². The number of hydrogen-bond donors (Lipinski definition) is 2. The lowest BCUT2D eigenvalue weighted by molar-refractivity contribution is -0.394. The van der Waals surface area contributed by atoms with E-state index in [2.05, 4.69) is 13.7 Å². The highest BCUT2D eigenvalue weighted by Crippen LogP contribution is 2.37. The lowest BCUT2D eigenvalue weighted by Gasteiger charge is -2.24. The lowest BCUT2D eigenvalue weighted by Crippen LogP contribution is -2.33. The van der Waals surface area contributed by atoms with E-state index in [0.29, 0.717) is 12.8 Å². The first-order valence-corrected chi connectivity index (χ1v) is 13.6. The molecular weight excluding hydrogens is 516 g/mol. The molecule has 1 aromatic rings. The average Bonchev–Trinajstić information content (AvgIpc) is 2.72. The molecule has 2 N–H and O–H groups in total. The number of carbonyl (C=O) groups excluding carboxylic acids is 1. The zero-order valence-electron chi connectivity index (χ0n) is 18.9. The molecule has 0 fully saturated rings. The van der Waals surface area contributed by atoms with Crippen molar-refractivity contribution in [2.75, 3.05) is 56.9 Å². The summed E-state index contributed by atoms with van der Waals surface area (Å²) in [6, 6.07) is 1.85. The van der Waals surface area contributed by atoms with Crippen molar-refractivity contribution in [3.8, 4) is 0 Å². The fourth-order valence-corrected chi connectivity index (χ4v) is 3.62. The molecule has 0 heterocycles. The van der Waals surface area contributed by atoms with Crippen LogP contribution < -0.4 is 10.2 Å². The van der Waals surface area contributed by atoms with Gasteiger partial charge in [0.05, 0.1) is 35.6 Å². The number of nitrogens with zero attached hydrogens (tertiary/aromatic N) is 3. The Bertz CT molecular complexity index is 1100. The van der Waals surface area contributed by atoms with E-state index in [4.69, 9.17) is 5.11 Å². The van der Waals surface area contributed by atoms with Crippen molar-refractivity contribution in [2.24, 2.45) is 0 Å². The first kappa shape index (κ1) is 30.1. The molecule has 0 atom stereocenters. The summed E-state index contributed by atoms with van der Waals surface area (Å²) in [4.78, 5) is 35.3. The highest BCUT2D eigenvalue weighted by Gasteiger charge is 2.35. The fraction of sp³-hybridized carbons (Fsp3) is 0.588. The van der Waals surface area contributed by atoms with Gasteiger partial charge in [-0.05, 0) is 18.9 Å². The second-order valence-corrected chi connectivity index (χ2v) is 10.4. The van der Waals surface area contributed by atoms with Crippen molar-refractivity contribution >= 4 is 43.2 Å². The SMILES string of the molecule is CS(=O)(=O)OCCN(CCOS(C)(=O)=O)c1ccc([N+](=O)[O-])c(C(=O)NCCCCO)c1[N+](=O)[O-]. The summed E-state index contributed by atoms with van der Waals surface area (Å²) in [5.41, 5.74) is -2.97. The second-order valence-electron chi connectivity index (χ2n) is 7.07. The standard InChI is InChI=1S/C17H26N4O12S2/c1-34(28,29)32-11-8-19(9-12-33-35(2,30)31)14-6-5-13(20(24)25)15(16(14)21(26)27)17(23)18-7-3-4-10-22/h5-6,22H,3-4,7-12H2,1-2H3,(H,18,23). The van der Waals surface area contributed by atoms with Crippen molar-refractivity contribution in [3.63, 3.8) is 0 Å². The minimum atomic E-state index is -3.89. The molecule has 0 aliphatic heterocycles. The third kappa shape index (κ3) is 10.5. The molecule has 0 unspecified atom stereocenters. The molecule has 0 aromatic heterocycles. The first-order valence-electron chi connectivity index (χ1n) is 9.96. The number of benzene rings is 1. The Kier molecular flexibility index (Phi) is 11.4. The summed E-state index contributed by atoms with van der Waals surface area (Å²) in [6.45, 7) is -1.87. The molecular formula is C17H26N4O12S2. The summed E-state index contributed by atoms with van der Waals surface area (Å²) in [5.74, 6) is -1.11. The normalized spacial score (nSPS) is 11.7. The minimum absolute atomic E-state index is 0.0218. The predicted octanol–water partition coefficient (Wildman–Crippen LogP) is -0.236. The van der Waals surface area contributed by atoms with Crippen LogP contribution in [-0.4, -0.2) is 89.7 Å². The highest BCUT2D eigenvalue weighted by molar-refractivity contribution is 7.86. The van der Waals surface area contributed by atoms with Gasteiger partial charge >= 0.3 is 5.69 Å². The number of nitro groups is 2. The van der Waals surface area contributed by atoms with Crippen molar-refractivity contribution in [3.05, 3.63) is 37.9 Å². The molecule has 0 aliphatic rings. The van der Waals surface area contributed by atoms with Gasteiger partial charge in [-0.3, -0.25) is 33.4 Å². The second kappa shape index (κ2) is 13.2. The number of nitrogens with one attached hydrogen (secondary N) is 1. The van der Waals surface area contributed by atoms with Crippen molar-refractivity contribution in [1.82, 2.24) is 5.32 Å². The molecule has 35 heavy (non-hydrogen) atoms. The number of carbonyl (C=O) groups is 1. The summed E-state index contributed by atoms with van der Waals surface area (Å²) in [5, 5.41) is 34.6. The maximum Gasteiger partial charge on any atom is 0.312 e. The number of aliphatic hydroxyl groups is 1. The molecule has 0 saturated heterocycles. The van der Waals surface area contributed by atoms with Crippen LogP contribution >= 0.6 is 0 Å². The van der Waals surface area contributed by atoms with E-state index in [-0.39, 0.29) is 31.9 Å². The largest absolute Gasteiger partial charge is 0.396 e. The van der Waals surface area contributed by atoms with Gasteiger partial charge in [0, 0.05) is 32.3 Å². The minimum Gasteiger partial charge on any atom is -0.396 e. The van der Waals surface area contributed by atoms with Gasteiger partial charge in [0.2, 0.25) is 0 Å². The van der Waals surface area contributed by atoms with E-state index >= 15 is 0 Å². The molecule has 0 aliphatic carbocycles. The molecule has 1 rings (SSSR count). The number of hydrogen-bond acceptors (Lipinski definition) is 13. The average molecular weight is 543 g/mol. The maximum atomic E-state index is 12.7. The molecule has 1 amide bonds. The van der Waals surface area contributed by atoms with Crippen LogP contribution in [-0.2, 0) is 28.6 Å². The summed E-state index contributed by atoms with van der Waals surface area (Å²) < 4.78 is 54.4. The Morgan fingerprint density at radius 2 is 1.54 bits per heavy atom. The molecule has 0 spiro atoms. The van der Waals surface area contributed by atoms with E-state index in [1.54, 1.807) is 0 Å². The van der Waals surface area contributed by atoms with E-state index < -0.39 is 66.1 Å². The van der Waals surface area contributed by atoms with Crippen LogP contribution in [0.3, 0.4) is 0 Å². The van der Waals surface area contributed by atoms with Crippen LogP contribution in [0, 0.1) is 20.2 Å². The van der Waals surface area contributed by atoms with E-state index in [1.807, 2.05) is 0 Å². The Morgan fingerprint density at radius 3 is 1.97 bits per heavy atom. The van der Waals surface area contributed by atoms with Crippen LogP contribution in [0.15, 0.2) is 12.1 Å². The number of amides is 1. The molecule has 0 radical (unpaired) electrons. The Balaban J connectivity index is 3.51. The fourth-order valence-electron chi connectivity index (χ4n) is 2.86. The topological polar surface area (TPSA) is 226 Å². The molecule has 0 saturated carbocycles. The van der Waals surface area contributed by atoms with Crippen LogP contribution in [0.2, 0.25) is 0 Å². The monoisotopic (exact) mass is 542 g/mol. The van der Waals surface area contributed by atoms with Gasteiger partial charge in [-0.2, -0.15) is 16.8 Å². The van der Waals surface area contributed by atoms with E-state index in [0.717, 1.165) is 29.5 Å². The predicted molar refractivity (Wildman–Crippen MR) is 122 cm³/mol. The number of rotatable bonds is 16. The Labute approximate surface area is 201 Å². The van der Waals surface area contributed by atoms with Gasteiger partial charge in [0.25, 0.3) is 31.8 Å². The van der Waals surface area contributed by atoms with Crippen LogP contribution in [0.5, 0.6) is 0 Å². The Hall–Kier alpha value is -2.93. The van der Waals surface area contributed by atoms with Crippen LogP contribution in [0.1, 0.15) is 23.2 Å². The number of anilines is 1. The Morgan fingerprint density at radius 1 is 1.00 bits per heavy atom. The first-order chi connectivity index (χ1) is 16.2. The maximum absolute atomic E-state index is 12.7. The molecule has 1 aromatic carbocycles. The van der Waals surface area contributed by atoms with Gasteiger partial charge in [0.1, 0.15) is 5.69 Å². The third-order valence-electron chi connectivity index (χ3n) is 4.27. The quantitative estimate of drug-likeness (QED) is 0.119. The highest BCUT2D eigenvalue weighted by atomic mass is 32.2. The zero-order chi connectivity index (χ0) is 26.8. The van der Waals surface area contributed by atoms with Crippen LogP contribution in [0.4, 0.5) is 17.1 Å². The van der Waals surface area contributed by atoms with Gasteiger partial charge in [0.15, 0.2) is 5.56 Å². The smallest absolute Gasteiger partial charge is 0.312 e. The van der Waals surface area contributed by atoms with Crippen molar-refractivity contribution in [2.45, 2.75) is 12.8 Å². The molecule has 18 heteroatoms. The van der Waals surface area contributed by atoms with Gasteiger partial charge in [-0.25, -0.2) is 0 Å². The zero-order valence-corrected chi connectivity index (χ0v) is 20.5. The van der Waals surface area contributed by atoms with Gasteiger partial charge in [-0.15, -0.1) is 0 Å².